The summed E-state index contributed by atoms with van der Waals surface area (Å²) < 4.78 is 18.7. The van der Waals surface area contributed by atoms with Gasteiger partial charge < -0.3 is 15.4 Å². The number of carbonyl (C=O) groups excluding carboxylic acids is 3. The highest BCUT2D eigenvalue weighted by atomic mass is 19.1. The summed E-state index contributed by atoms with van der Waals surface area (Å²) in [4.78, 5) is 39.1. The van der Waals surface area contributed by atoms with Crippen molar-refractivity contribution in [2.45, 2.75) is 59.3 Å². The Balaban J connectivity index is 1.39. The number of hydrogen-bond acceptors (Lipinski definition) is 5. The third-order valence-corrected chi connectivity index (χ3v) is 7.43. The molecule has 0 saturated carbocycles. The van der Waals surface area contributed by atoms with Crippen LogP contribution in [0.2, 0.25) is 0 Å². The Kier molecular flexibility index (Phi) is 6.49. The van der Waals surface area contributed by atoms with Gasteiger partial charge in [-0.25, -0.2) is 4.39 Å². The normalized spacial score (nSPS) is 20.4. The Hall–Kier alpha value is -3.74. The number of Topliss-reactive ketones (excluding diaryl/α,β-unsaturated/α-hetero) is 2. The average molecular weight is 517 g/mol. The molecule has 0 bridgehead atoms. The minimum absolute atomic E-state index is 0.0794. The van der Waals surface area contributed by atoms with Gasteiger partial charge >= 0.3 is 0 Å². The summed E-state index contributed by atoms with van der Waals surface area (Å²) in [5, 5.41) is 6.19. The summed E-state index contributed by atoms with van der Waals surface area (Å²) in [6.45, 7) is 8.19. The van der Waals surface area contributed by atoms with Gasteiger partial charge in [-0.2, -0.15) is 0 Å². The van der Waals surface area contributed by atoms with Gasteiger partial charge in [-0.3, -0.25) is 14.4 Å². The molecule has 0 fully saturated rings. The van der Waals surface area contributed by atoms with Crippen molar-refractivity contribution >= 4 is 23.2 Å². The van der Waals surface area contributed by atoms with Crippen molar-refractivity contribution < 1.29 is 23.5 Å². The third-order valence-electron chi connectivity index (χ3n) is 7.43. The van der Waals surface area contributed by atoms with Gasteiger partial charge in [-0.15, -0.1) is 0 Å². The summed E-state index contributed by atoms with van der Waals surface area (Å²) in [5.74, 6) is -0.506. The maximum Gasteiger partial charge on any atom is 0.262 e. The molecule has 0 atom stereocenters. The highest BCUT2D eigenvalue weighted by Gasteiger charge is 2.46. The van der Waals surface area contributed by atoms with E-state index in [0.717, 1.165) is 29.8 Å². The van der Waals surface area contributed by atoms with Crippen LogP contribution < -0.4 is 15.4 Å². The van der Waals surface area contributed by atoms with Crippen LogP contribution in [0.15, 0.2) is 71.1 Å². The van der Waals surface area contributed by atoms with Crippen LogP contribution in [-0.2, 0) is 14.4 Å². The molecule has 1 amide bonds. The lowest BCUT2D eigenvalue weighted by Crippen LogP contribution is -2.42. The van der Waals surface area contributed by atoms with E-state index in [1.807, 2.05) is 12.1 Å². The van der Waals surface area contributed by atoms with Gasteiger partial charge in [0.2, 0.25) is 0 Å². The minimum Gasteiger partial charge on any atom is -0.484 e. The van der Waals surface area contributed by atoms with Crippen LogP contribution in [0.1, 0.15) is 64.9 Å². The van der Waals surface area contributed by atoms with E-state index in [0.29, 0.717) is 35.4 Å². The van der Waals surface area contributed by atoms with Crippen molar-refractivity contribution in [3.8, 4) is 5.75 Å². The van der Waals surface area contributed by atoms with Crippen LogP contribution in [0.25, 0.3) is 0 Å². The monoisotopic (exact) mass is 516 g/mol. The zero-order valence-electron chi connectivity index (χ0n) is 22.2. The Bertz CT molecular complexity index is 1320. The SMILES string of the molecule is CC1(C)CC(=O)C2=C(C1)NC1=C(C(=O)CC(C)(C)C1)C2c1ccc(OCC(=O)Nc2ccc(F)cc2)cc1. The predicted molar refractivity (Wildman–Crippen MR) is 143 cm³/mol. The summed E-state index contributed by atoms with van der Waals surface area (Å²) in [6, 6.07) is 12.8. The van der Waals surface area contributed by atoms with E-state index in [-0.39, 0.29) is 40.7 Å². The molecule has 198 valence electrons. The smallest absolute Gasteiger partial charge is 0.262 e. The number of dihydropyridines is 1. The molecule has 2 N–H and O–H groups in total. The molecule has 0 aromatic heterocycles. The third kappa shape index (κ3) is 5.28. The fourth-order valence-electron chi connectivity index (χ4n) is 5.86. The number of halogens is 1. The van der Waals surface area contributed by atoms with Crippen molar-refractivity contribution in [1.82, 2.24) is 5.32 Å². The summed E-state index contributed by atoms with van der Waals surface area (Å²) in [5.41, 5.74) is 4.30. The van der Waals surface area contributed by atoms with E-state index in [2.05, 4.69) is 38.3 Å². The first-order valence-electron chi connectivity index (χ1n) is 13.0. The van der Waals surface area contributed by atoms with Gasteiger partial charge in [0.1, 0.15) is 11.6 Å². The van der Waals surface area contributed by atoms with Crippen molar-refractivity contribution in [2.75, 3.05) is 11.9 Å². The molecule has 0 spiro atoms. The molecule has 1 aliphatic heterocycles. The first-order chi connectivity index (χ1) is 17.9. The number of amides is 1. The lowest BCUT2D eigenvalue weighted by Gasteiger charge is -2.44. The molecule has 1 heterocycles. The Morgan fingerprint density at radius 1 is 0.868 bits per heavy atom. The number of carbonyl (C=O) groups is 3. The standard InChI is InChI=1S/C31H33FN2O4/c1-30(2)13-22-28(24(35)15-30)27(29-23(34-22)14-31(3,4)16-25(29)36)18-5-11-21(12-6-18)38-17-26(37)33-20-9-7-19(32)8-10-20/h5-12,27,34H,13-17H2,1-4H3,(H,33,37). The number of nitrogens with one attached hydrogen (secondary N) is 2. The second-order valence-electron chi connectivity index (χ2n) is 12.1. The van der Waals surface area contributed by atoms with E-state index >= 15 is 0 Å². The van der Waals surface area contributed by atoms with E-state index in [1.165, 1.54) is 24.3 Å². The summed E-state index contributed by atoms with van der Waals surface area (Å²) >= 11 is 0. The van der Waals surface area contributed by atoms with Crippen LogP contribution >= 0.6 is 0 Å². The molecule has 2 aromatic carbocycles. The number of rotatable bonds is 5. The molecule has 3 aliphatic rings. The molecular weight excluding hydrogens is 483 g/mol. The largest absolute Gasteiger partial charge is 0.484 e. The topological polar surface area (TPSA) is 84.5 Å². The van der Waals surface area contributed by atoms with Crippen molar-refractivity contribution in [3.63, 3.8) is 0 Å². The second kappa shape index (κ2) is 9.53. The lowest BCUT2D eigenvalue weighted by molar-refractivity contribution is -0.119. The Morgan fingerprint density at radius 2 is 1.39 bits per heavy atom. The Morgan fingerprint density at radius 3 is 1.92 bits per heavy atom. The highest BCUT2D eigenvalue weighted by molar-refractivity contribution is 6.06. The molecule has 6 nitrogen and oxygen atoms in total. The van der Waals surface area contributed by atoms with Crippen LogP contribution in [0, 0.1) is 16.6 Å². The van der Waals surface area contributed by atoms with E-state index < -0.39 is 5.92 Å². The van der Waals surface area contributed by atoms with Gasteiger partial charge in [-0.05, 0) is 65.6 Å². The number of benzene rings is 2. The van der Waals surface area contributed by atoms with Crippen LogP contribution in [0.4, 0.5) is 10.1 Å². The minimum atomic E-state index is -0.413. The molecule has 2 aliphatic carbocycles. The molecular formula is C31H33FN2O4. The van der Waals surface area contributed by atoms with Crippen molar-refractivity contribution in [2.24, 2.45) is 10.8 Å². The lowest BCUT2D eigenvalue weighted by atomic mass is 9.64. The maximum atomic E-state index is 13.4. The van der Waals surface area contributed by atoms with E-state index in [4.69, 9.17) is 4.74 Å². The summed E-state index contributed by atoms with van der Waals surface area (Å²) in [6.07, 6.45) is 2.38. The van der Waals surface area contributed by atoms with Gasteiger partial charge in [0.25, 0.3) is 5.91 Å². The number of ether oxygens (including phenoxy) is 1. The fraction of sp³-hybridized carbons (Fsp3) is 0.387. The van der Waals surface area contributed by atoms with Gasteiger partial charge in [0.05, 0.1) is 0 Å². The highest BCUT2D eigenvalue weighted by Crippen LogP contribution is 2.51. The van der Waals surface area contributed by atoms with Crippen LogP contribution in [0.5, 0.6) is 5.75 Å². The number of ketones is 2. The molecule has 0 unspecified atom stereocenters. The molecule has 5 rings (SSSR count). The van der Waals surface area contributed by atoms with Gasteiger partial charge in [0, 0.05) is 47.0 Å². The molecule has 0 saturated heterocycles. The molecule has 38 heavy (non-hydrogen) atoms. The van der Waals surface area contributed by atoms with E-state index in [9.17, 15) is 18.8 Å². The Labute approximate surface area is 222 Å². The second-order valence-corrected chi connectivity index (χ2v) is 12.1. The molecule has 7 heteroatoms. The quantitative estimate of drug-likeness (QED) is 0.524. The van der Waals surface area contributed by atoms with Gasteiger partial charge in [-0.1, -0.05) is 39.8 Å². The predicted octanol–water partition coefficient (Wildman–Crippen LogP) is 5.82. The van der Waals surface area contributed by atoms with E-state index in [1.54, 1.807) is 12.1 Å². The van der Waals surface area contributed by atoms with Crippen LogP contribution in [0.3, 0.4) is 0 Å². The molecule has 2 aromatic rings. The maximum absolute atomic E-state index is 13.4. The number of anilines is 1. The van der Waals surface area contributed by atoms with Crippen molar-refractivity contribution in [3.05, 3.63) is 82.5 Å². The van der Waals surface area contributed by atoms with Crippen molar-refractivity contribution in [1.29, 1.82) is 0 Å². The first-order valence-corrected chi connectivity index (χ1v) is 13.0. The van der Waals surface area contributed by atoms with Crippen LogP contribution in [-0.4, -0.2) is 24.1 Å². The fourth-order valence-corrected chi connectivity index (χ4v) is 5.86. The molecule has 0 radical (unpaired) electrons. The zero-order chi connectivity index (χ0) is 27.2. The first kappa shape index (κ1) is 25.9. The summed E-state index contributed by atoms with van der Waals surface area (Å²) in [7, 11) is 0. The van der Waals surface area contributed by atoms with Gasteiger partial charge in [0.15, 0.2) is 18.2 Å². The average Bonchev–Trinajstić information content (AvgIpc) is 2.81. The number of hydrogen-bond donors (Lipinski definition) is 2. The number of allylic oxidation sites excluding steroid dienone is 4. The zero-order valence-corrected chi connectivity index (χ0v) is 22.2.